The van der Waals surface area contributed by atoms with E-state index in [1.165, 1.54) is 31.3 Å². The lowest BCUT2D eigenvalue weighted by Gasteiger charge is -2.50. The minimum absolute atomic E-state index is 0.0966. The number of fused-ring (bicyclic) bond motifs is 4. The van der Waals surface area contributed by atoms with Gasteiger partial charge in [0.1, 0.15) is 0 Å². The van der Waals surface area contributed by atoms with E-state index in [1.54, 1.807) is 0 Å². The Kier molecular flexibility index (Phi) is 11.7. The molecule has 6 nitrogen and oxygen atoms in total. The second kappa shape index (κ2) is 15.1. The first-order valence-electron chi connectivity index (χ1n) is 20.1. The van der Waals surface area contributed by atoms with Crippen LogP contribution in [0.15, 0.2) is 63.6 Å². The maximum Gasteiger partial charge on any atom is 0.283 e. The summed E-state index contributed by atoms with van der Waals surface area (Å²) in [6.07, 6.45) is 13.4. The first-order chi connectivity index (χ1) is 24.2. The fourth-order valence-corrected chi connectivity index (χ4v) is 12.0. The maximum absolute atomic E-state index is 14.2. The van der Waals surface area contributed by atoms with E-state index in [0.717, 1.165) is 22.6 Å². The average molecular weight is 769 g/mol. The summed E-state index contributed by atoms with van der Waals surface area (Å²) in [5, 5.41) is 0.292. The maximum atomic E-state index is 14.2. The standard InChI is InChI=1S/C43H68O6SSi2/c1-40(2,3)51(8,9)48-38(31-17-15-16-18-31)22-21-32-26-36-33(27-37(36)39(32)49-52(10,11)41(4,5)6)25-35(50(44)34-19-13-12-14-20-34)23-24-43-45-28-42(7,29-46-43)30-47-43/h12-14,19-22,31-32,36-39H,15-18,23-24,26-30H2,1-11H3/b22-21+/t25?,32-,36+,37-,38?,39+,42?,43?,50?/m1/s1. The van der Waals surface area contributed by atoms with E-state index in [0.29, 0.717) is 56.3 Å². The van der Waals surface area contributed by atoms with Gasteiger partial charge in [-0.05, 0) is 104 Å². The number of rotatable bonds is 12. The van der Waals surface area contributed by atoms with E-state index in [4.69, 9.17) is 23.1 Å². The highest BCUT2D eigenvalue weighted by atomic mass is 32.2. The van der Waals surface area contributed by atoms with Gasteiger partial charge in [-0.3, -0.25) is 0 Å². The van der Waals surface area contributed by atoms with Crippen molar-refractivity contribution in [3.8, 4) is 0 Å². The van der Waals surface area contributed by atoms with Crippen LogP contribution in [0.5, 0.6) is 0 Å². The van der Waals surface area contributed by atoms with Gasteiger partial charge in [0.25, 0.3) is 5.97 Å². The van der Waals surface area contributed by atoms with Crippen LogP contribution >= 0.6 is 0 Å². The Bertz CT molecular complexity index is 1520. The first-order valence-corrected chi connectivity index (χ1v) is 27.1. The summed E-state index contributed by atoms with van der Waals surface area (Å²) in [4.78, 5) is 1.60. The molecule has 3 aliphatic heterocycles. The largest absolute Gasteiger partial charge is 0.413 e. The second-order valence-corrected chi connectivity index (χ2v) is 31.0. The van der Waals surface area contributed by atoms with Crippen LogP contribution in [0.4, 0.5) is 0 Å². The monoisotopic (exact) mass is 768 g/mol. The van der Waals surface area contributed by atoms with Crippen molar-refractivity contribution in [3.05, 3.63) is 58.7 Å². The lowest BCUT2D eigenvalue weighted by molar-refractivity contribution is -0.467. The average Bonchev–Trinajstić information content (AvgIpc) is 3.70. The molecule has 6 aliphatic rings. The topological polar surface area (TPSA) is 63.2 Å². The molecule has 3 saturated heterocycles. The Labute approximate surface area is 320 Å². The zero-order valence-electron chi connectivity index (χ0n) is 34.1. The Morgan fingerprint density at radius 2 is 1.56 bits per heavy atom. The molecule has 0 N–H and O–H groups in total. The SMILES string of the molecule is CC12COC(CCC(=C=C3C[C@H]4[C@@H](O[Si](C)(C)C(C)(C)C)[C@H](/C=C/C(O[Si](C)(C)C(C)(C)C)C5CCCC5)C[C@@H]34)S(=O)c3ccccc3)(OC1)OC2. The van der Waals surface area contributed by atoms with Crippen LogP contribution in [0.2, 0.25) is 36.3 Å². The Hall–Kier alpha value is -1.14. The molecule has 1 aromatic rings. The van der Waals surface area contributed by atoms with Gasteiger partial charge in [-0.25, -0.2) is 4.21 Å². The zero-order valence-corrected chi connectivity index (χ0v) is 37.0. The molecule has 0 spiro atoms. The molecule has 3 saturated carbocycles. The first kappa shape index (κ1) is 40.5. The number of hydrogen-bond acceptors (Lipinski definition) is 6. The number of ether oxygens (including phenoxy) is 3. The molecular weight excluding hydrogens is 701 g/mol. The van der Waals surface area contributed by atoms with Gasteiger partial charge in [0.15, 0.2) is 16.6 Å². The third-order valence-corrected chi connectivity index (χ3v) is 24.1. The molecule has 1 aromatic carbocycles. The van der Waals surface area contributed by atoms with E-state index in [2.05, 4.69) is 92.5 Å². The minimum Gasteiger partial charge on any atom is -0.413 e. The van der Waals surface area contributed by atoms with Gasteiger partial charge in [0, 0.05) is 22.6 Å². The quantitative estimate of drug-likeness (QED) is 0.120. The van der Waals surface area contributed by atoms with Gasteiger partial charge in [0.2, 0.25) is 0 Å². The lowest BCUT2D eigenvalue weighted by Crippen LogP contribution is -2.58. The molecule has 6 atom stereocenters. The molecule has 3 aliphatic carbocycles. The van der Waals surface area contributed by atoms with Gasteiger partial charge in [-0.1, -0.05) is 91.7 Å². The van der Waals surface area contributed by atoms with Crippen molar-refractivity contribution in [2.45, 2.75) is 159 Å². The highest BCUT2D eigenvalue weighted by Crippen LogP contribution is 2.56. The van der Waals surface area contributed by atoms with Crippen molar-refractivity contribution in [2.24, 2.45) is 29.1 Å². The molecule has 0 radical (unpaired) electrons. The van der Waals surface area contributed by atoms with E-state index < -0.39 is 33.4 Å². The third kappa shape index (κ3) is 8.63. The summed E-state index contributed by atoms with van der Waals surface area (Å²) in [5.41, 5.74) is 4.98. The molecule has 52 heavy (non-hydrogen) atoms. The summed E-state index contributed by atoms with van der Waals surface area (Å²) in [7, 11) is -5.34. The van der Waals surface area contributed by atoms with Crippen LogP contribution < -0.4 is 0 Å². The van der Waals surface area contributed by atoms with Gasteiger partial charge < -0.3 is 23.1 Å². The summed E-state index contributed by atoms with van der Waals surface area (Å²) in [6.45, 7) is 27.6. The fourth-order valence-electron chi connectivity index (χ4n) is 8.08. The predicted octanol–water partition coefficient (Wildman–Crippen LogP) is 10.9. The Morgan fingerprint density at radius 1 is 0.962 bits per heavy atom. The van der Waals surface area contributed by atoms with Crippen molar-refractivity contribution in [2.75, 3.05) is 19.8 Å². The van der Waals surface area contributed by atoms with Crippen molar-refractivity contribution < 1.29 is 27.3 Å². The molecule has 6 fully saturated rings. The van der Waals surface area contributed by atoms with Gasteiger partial charge >= 0.3 is 0 Å². The molecule has 7 rings (SSSR count). The van der Waals surface area contributed by atoms with Gasteiger partial charge in [0.05, 0.1) is 47.7 Å². The highest BCUT2D eigenvalue weighted by Gasteiger charge is 2.54. The summed E-state index contributed by atoms with van der Waals surface area (Å²) in [6, 6.07) is 9.79. The number of hydrogen-bond donors (Lipinski definition) is 0. The van der Waals surface area contributed by atoms with Crippen LogP contribution in [-0.4, -0.2) is 58.8 Å². The number of allylic oxidation sites excluding steroid dienone is 1. The van der Waals surface area contributed by atoms with Crippen LogP contribution in [0.3, 0.4) is 0 Å². The van der Waals surface area contributed by atoms with Crippen LogP contribution in [-0.2, 0) is 33.9 Å². The molecule has 0 aromatic heterocycles. The van der Waals surface area contributed by atoms with Gasteiger partial charge in [-0.2, -0.15) is 0 Å². The molecule has 3 heterocycles. The lowest BCUT2D eigenvalue weighted by atomic mass is 9.71. The molecule has 2 unspecified atom stereocenters. The summed E-state index contributed by atoms with van der Waals surface area (Å²) in [5.74, 6) is 0.644. The highest BCUT2D eigenvalue weighted by molar-refractivity contribution is 7.89. The molecule has 0 amide bonds. The Balaban J connectivity index is 1.30. The van der Waals surface area contributed by atoms with Crippen LogP contribution in [0.1, 0.15) is 99.8 Å². The molecular formula is C43H68O6SSi2. The zero-order chi connectivity index (χ0) is 37.7. The van der Waals surface area contributed by atoms with E-state index in [-0.39, 0.29) is 27.7 Å². The minimum atomic E-state index is -2.04. The second-order valence-electron chi connectivity index (χ2n) is 20.0. The molecule has 2 bridgehead atoms. The van der Waals surface area contributed by atoms with Crippen LogP contribution in [0.25, 0.3) is 0 Å². The number of benzene rings is 1. The van der Waals surface area contributed by atoms with Crippen molar-refractivity contribution in [1.82, 2.24) is 0 Å². The van der Waals surface area contributed by atoms with E-state index in [9.17, 15) is 4.21 Å². The van der Waals surface area contributed by atoms with Crippen molar-refractivity contribution in [1.29, 1.82) is 0 Å². The van der Waals surface area contributed by atoms with Crippen molar-refractivity contribution in [3.63, 3.8) is 0 Å². The molecule has 9 heteroatoms. The smallest absolute Gasteiger partial charge is 0.283 e. The van der Waals surface area contributed by atoms with E-state index >= 15 is 0 Å². The third-order valence-electron chi connectivity index (χ3n) is 13.7. The van der Waals surface area contributed by atoms with Crippen molar-refractivity contribution >= 4 is 27.4 Å². The van der Waals surface area contributed by atoms with Crippen LogP contribution in [0, 0.1) is 29.1 Å². The Morgan fingerprint density at radius 3 is 2.13 bits per heavy atom. The van der Waals surface area contributed by atoms with Gasteiger partial charge in [-0.15, -0.1) is 5.73 Å². The van der Waals surface area contributed by atoms with E-state index in [1.807, 2.05) is 30.3 Å². The predicted molar refractivity (Wildman–Crippen MR) is 216 cm³/mol. The normalized spacial score (nSPS) is 32.5. The summed E-state index contributed by atoms with van der Waals surface area (Å²) < 4.78 is 47.1. The summed E-state index contributed by atoms with van der Waals surface area (Å²) >= 11 is 0. The fraction of sp³-hybridized carbons (Fsp3) is 0.744. The molecule has 290 valence electrons.